The summed E-state index contributed by atoms with van der Waals surface area (Å²) in [6, 6.07) is 2.38. The van der Waals surface area contributed by atoms with Crippen LogP contribution in [0.3, 0.4) is 0 Å². The van der Waals surface area contributed by atoms with Crippen LogP contribution in [0.15, 0.2) is 21.3 Å². The number of piperazine rings is 1. The molecule has 0 spiro atoms. The Labute approximate surface area is 158 Å². The lowest BCUT2D eigenvalue weighted by molar-refractivity contribution is 0.0704. The van der Waals surface area contributed by atoms with Crippen molar-refractivity contribution < 1.29 is 4.79 Å². The zero-order chi connectivity index (χ0) is 14.1. The molecule has 1 saturated heterocycles. The predicted octanol–water partition coefficient (Wildman–Crippen LogP) is 3.91. The summed E-state index contributed by atoms with van der Waals surface area (Å²) in [6.07, 6.45) is 0. The van der Waals surface area contributed by atoms with E-state index in [2.05, 4.69) is 33.2 Å². The molecule has 1 aliphatic heterocycles. The predicted molar refractivity (Wildman–Crippen MR) is 101 cm³/mol. The van der Waals surface area contributed by atoms with Gasteiger partial charge in [-0.1, -0.05) is 0 Å². The van der Waals surface area contributed by atoms with Crippen LogP contribution in [0.2, 0.25) is 0 Å². The smallest absolute Gasteiger partial charge is 0.273 e. The molecule has 0 radical (unpaired) electrons. The third kappa shape index (κ3) is 4.43. The molecule has 1 N–H and O–H groups in total. The number of hydrogen-bond donors (Lipinski definition) is 1. The van der Waals surface area contributed by atoms with Crippen LogP contribution in [0.4, 0.5) is 0 Å². The topological polar surface area (TPSA) is 45.2 Å². The Hall–Kier alpha value is -0.180. The van der Waals surface area contributed by atoms with Crippen LogP contribution in [-0.4, -0.2) is 41.5 Å². The molecule has 122 valence electrons. The van der Waals surface area contributed by atoms with E-state index in [4.69, 9.17) is 0 Å². The maximum atomic E-state index is 12.4. The second kappa shape index (κ2) is 8.61. The van der Waals surface area contributed by atoms with Crippen LogP contribution in [0.5, 0.6) is 0 Å². The van der Waals surface area contributed by atoms with Crippen LogP contribution >= 0.6 is 63.4 Å². The summed E-state index contributed by atoms with van der Waals surface area (Å²) in [5, 5.41) is 8.13. The molecule has 22 heavy (non-hydrogen) atoms. The Bertz CT molecular complexity index is 634. The van der Waals surface area contributed by atoms with Crippen molar-refractivity contribution in [2.24, 2.45) is 0 Å². The number of thiophene rings is 1. The number of nitrogens with zero attached hydrogens (tertiary/aromatic N) is 2. The van der Waals surface area contributed by atoms with Crippen molar-refractivity contribution in [1.29, 1.82) is 0 Å². The van der Waals surface area contributed by atoms with E-state index >= 15 is 0 Å². The van der Waals surface area contributed by atoms with Gasteiger partial charge in [0.15, 0.2) is 0 Å². The minimum absolute atomic E-state index is 0. The van der Waals surface area contributed by atoms with E-state index in [1.54, 1.807) is 11.3 Å². The summed E-state index contributed by atoms with van der Waals surface area (Å²) in [7, 11) is 0. The fourth-order valence-electron chi connectivity index (χ4n) is 2.19. The van der Waals surface area contributed by atoms with Crippen molar-refractivity contribution in [2.45, 2.75) is 13.0 Å². The molecular formula is C13H16BrCl2N3OS2. The van der Waals surface area contributed by atoms with E-state index in [1.165, 1.54) is 11.3 Å². The minimum atomic E-state index is 0. The van der Waals surface area contributed by atoms with Crippen molar-refractivity contribution in [2.75, 3.05) is 19.6 Å². The molecule has 1 fully saturated rings. The molecule has 3 heterocycles. The Kier molecular flexibility index (Phi) is 7.78. The number of carbonyl (C=O) groups is 1. The molecule has 4 nitrogen and oxygen atoms in total. The molecule has 0 aliphatic carbocycles. The molecule has 9 heteroatoms. The first kappa shape index (κ1) is 19.9. The number of amides is 1. The maximum absolute atomic E-state index is 12.4. The minimum Gasteiger partial charge on any atom is -0.334 e. The first-order valence-electron chi connectivity index (χ1n) is 6.36. The van der Waals surface area contributed by atoms with E-state index in [0.717, 1.165) is 34.0 Å². The summed E-state index contributed by atoms with van der Waals surface area (Å²) in [6.45, 7) is 4.44. The SMILES string of the molecule is CC1CN(C(=O)c2csc(-c3cc(Br)cs3)n2)CCN1.Cl.Cl. The van der Waals surface area contributed by atoms with E-state index in [-0.39, 0.29) is 30.7 Å². The molecule has 3 rings (SSSR count). The summed E-state index contributed by atoms with van der Waals surface area (Å²) in [5.74, 6) is 0.0384. The van der Waals surface area contributed by atoms with Crippen molar-refractivity contribution >= 4 is 69.3 Å². The number of halogens is 3. The quantitative estimate of drug-likeness (QED) is 0.763. The van der Waals surface area contributed by atoms with E-state index in [1.807, 2.05) is 21.7 Å². The van der Waals surface area contributed by atoms with E-state index in [0.29, 0.717) is 11.7 Å². The number of rotatable bonds is 2. The second-order valence-electron chi connectivity index (χ2n) is 4.77. The molecule has 0 aromatic carbocycles. The fraction of sp³-hybridized carbons (Fsp3) is 0.385. The highest BCUT2D eigenvalue weighted by atomic mass is 79.9. The average molecular weight is 445 g/mol. The second-order valence-corrected chi connectivity index (χ2v) is 7.46. The van der Waals surface area contributed by atoms with Gasteiger partial charge < -0.3 is 10.2 Å². The van der Waals surface area contributed by atoms with Gasteiger partial charge in [-0.3, -0.25) is 4.79 Å². The van der Waals surface area contributed by atoms with Gasteiger partial charge in [0, 0.05) is 40.9 Å². The standard InChI is InChI=1S/C13H14BrN3OS2.2ClH/c1-8-5-17(3-2-15-8)13(18)10-7-20-12(16-10)11-4-9(14)6-19-11;;/h4,6-8,15H,2-3,5H2,1H3;2*1H. The largest absolute Gasteiger partial charge is 0.334 e. The highest BCUT2D eigenvalue weighted by molar-refractivity contribution is 9.10. The van der Waals surface area contributed by atoms with E-state index < -0.39 is 0 Å². The number of thiazole rings is 1. The molecule has 1 aliphatic rings. The van der Waals surface area contributed by atoms with Crippen molar-refractivity contribution in [3.05, 3.63) is 27.0 Å². The maximum Gasteiger partial charge on any atom is 0.273 e. The highest BCUT2D eigenvalue weighted by Crippen LogP contribution is 2.32. The highest BCUT2D eigenvalue weighted by Gasteiger charge is 2.23. The van der Waals surface area contributed by atoms with Crippen molar-refractivity contribution in [3.8, 4) is 9.88 Å². The summed E-state index contributed by atoms with van der Waals surface area (Å²) >= 11 is 6.59. The number of nitrogens with one attached hydrogen (secondary N) is 1. The van der Waals surface area contributed by atoms with Gasteiger partial charge in [0.05, 0.1) is 4.88 Å². The lowest BCUT2D eigenvalue weighted by Crippen LogP contribution is -2.51. The summed E-state index contributed by atoms with van der Waals surface area (Å²) < 4.78 is 1.05. The molecular weight excluding hydrogens is 429 g/mol. The number of aromatic nitrogens is 1. The Morgan fingerprint density at radius 3 is 2.82 bits per heavy atom. The van der Waals surface area contributed by atoms with Crippen LogP contribution in [0.25, 0.3) is 9.88 Å². The van der Waals surface area contributed by atoms with Gasteiger partial charge >= 0.3 is 0 Å². The van der Waals surface area contributed by atoms with Crippen LogP contribution in [-0.2, 0) is 0 Å². The molecule has 1 atom stereocenters. The molecule has 1 amide bonds. The molecule has 2 aromatic heterocycles. The van der Waals surface area contributed by atoms with Gasteiger partial charge in [-0.25, -0.2) is 4.98 Å². The zero-order valence-corrected chi connectivity index (χ0v) is 16.6. The molecule has 1 unspecified atom stereocenters. The Morgan fingerprint density at radius 1 is 1.41 bits per heavy atom. The van der Waals surface area contributed by atoms with Gasteiger partial charge in [-0.15, -0.1) is 47.5 Å². The first-order valence-corrected chi connectivity index (χ1v) is 8.91. The van der Waals surface area contributed by atoms with Gasteiger partial charge in [0.1, 0.15) is 10.7 Å². The third-order valence-corrected chi connectivity index (χ3v) is 5.86. The molecule has 0 bridgehead atoms. The zero-order valence-electron chi connectivity index (χ0n) is 11.7. The van der Waals surface area contributed by atoms with Gasteiger partial charge in [0.2, 0.25) is 0 Å². The van der Waals surface area contributed by atoms with Gasteiger partial charge in [0.25, 0.3) is 5.91 Å². The lowest BCUT2D eigenvalue weighted by Gasteiger charge is -2.31. The molecule has 0 saturated carbocycles. The molecule has 2 aromatic rings. The van der Waals surface area contributed by atoms with Gasteiger partial charge in [-0.2, -0.15) is 0 Å². The third-order valence-electron chi connectivity index (χ3n) is 3.16. The normalized spacial score (nSPS) is 17.5. The fourth-order valence-corrected chi connectivity index (χ4v) is 4.49. The summed E-state index contributed by atoms with van der Waals surface area (Å²) in [5.41, 5.74) is 0.559. The van der Waals surface area contributed by atoms with Gasteiger partial charge in [-0.05, 0) is 28.9 Å². The number of carbonyl (C=O) groups excluding carboxylic acids is 1. The van der Waals surface area contributed by atoms with Crippen LogP contribution in [0, 0.1) is 0 Å². The lowest BCUT2D eigenvalue weighted by atomic mass is 10.2. The summed E-state index contributed by atoms with van der Waals surface area (Å²) in [4.78, 5) is 19.9. The Morgan fingerprint density at radius 2 is 2.18 bits per heavy atom. The average Bonchev–Trinajstić information content (AvgIpc) is 3.06. The van der Waals surface area contributed by atoms with E-state index in [9.17, 15) is 4.79 Å². The Balaban J connectivity index is 0.00000121. The monoisotopic (exact) mass is 443 g/mol. The van der Waals surface area contributed by atoms with Crippen molar-refractivity contribution in [3.63, 3.8) is 0 Å². The number of hydrogen-bond acceptors (Lipinski definition) is 5. The van der Waals surface area contributed by atoms with Crippen LogP contribution in [0.1, 0.15) is 17.4 Å². The van der Waals surface area contributed by atoms with Crippen LogP contribution < -0.4 is 5.32 Å². The first-order chi connectivity index (χ1) is 9.63. The van der Waals surface area contributed by atoms with Crippen molar-refractivity contribution in [1.82, 2.24) is 15.2 Å².